The first-order valence-electron chi connectivity index (χ1n) is 4.72. The van der Waals surface area contributed by atoms with Crippen LogP contribution in [-0.2, 0) is 9.53 Å². The molecule has 15 heavy (non-hydrogen) atoms. The van der Waals surface area contributed by atoms with Crippen molar-refractivity contribution < 1.29 is 18.3 Å². The van der Waals surface area contributed by atoms with Crippen molar-refractivity contribution in [3.63, 3.8) is 0 Å². The number of methoxy groups -OCH3 is 1. The lowest BCUT2D eigenvalue weighted by Crippen LogP contribution is -2.38. The summed E-state index contributed by atoms with van der Waals surface area (Å²) < 4.78 is 31.0. The molecule has 1 aliphatic heterocycles. The first-order valence-corrected chi connectivity index (χ1v) is 5.26. The molecule has 6 heteroatoms. The topological polar surface area (TPSA) is 29.5 Å². The fourth-order valence-electron chi connectivity index (χ4n) is 1.76. The standard InChI is InChI=1S/C9H14ClF2NO2/c1-15-5-7-4-9(11,12)6-13(7)8(14)2-3-10/h7H,2-6H2,1H3/t7-/m1/s1. The molecule has 0 spiro atoms. The van der Waals surface area contributed by atoms with Crippen LogP contribution in [0.3, 0.4) is 0 Å². The summed E-state index contributed by atoms with van der Waals surface area (Å²) in [7, 11) is 1.43. The van der Waals surface area contributed by atoms with Gasteiger partial charge in [-0.25, -0.2) is 8.78 Å². The zero-order valence-corrected chi connectivity index (χ0v) is 9.27. The summed E-state index contributed by atoms with van der Waals surface area (Å²) in [6.07, 6.45) is -0.229. The maximum absolute atomic E-state index is 13.1. The molecule has 1 heterocycles. The molecule has 0 N–H and O–H groups in total. The lowest BCUT2D eigenvalue weighted by Gasteiger charge is -2.22. The number of halogens is 3. The van der Waals surface area contributed by atoms with Crippen LogP contribution >= 0.6 is 11.6 Å². The average molecular weight is 242 g/mol. The Morgan fingerprint density at radius 2 is 2.33 bits per heavy atom. The van der Waals surface area contributed by atoms with E-state index in [1.807, 2.05) is 0 Å². The van der Waals surface area contributed by atoms with E-state index in [2.05, 4.69) is 0 Å². The minimum Gasteiger partial charge on any atom is -0.383 e. The smallest absolute Gasteiger partial charge is 0.267 e. The molecule has 0 unspecified atom stereocenters. The van der Waals surface area contributed by atoms with Gasteiger partial charge in [0.2, 0.25) is 5.91 Å². The van der Waals surface area contributed by atoms with E-state index < -0.39 is 18.5 Å². The molecule has 1 atom stereocenters. The molecule has 0 saturated carbocycles. The molecule has 88 valence electrons. The largest absolute Gasteiger partial charge is 0.383 e. The average Bonchev–Trinajstić information content (AvgIpc) is 2.42. The first-order chi connectivity index (χ1) is 7.00. The zero-order valence-electron chi connectivity index (χ0n) is 8.51. The van der Waals surface area contributed by atoms with E-state index in [4.69, 9.17) is 16.3 Å². The van der Waals surface area contributed by atoms with Crippen LogP contribution in [0, 0.1) is 0 Å². The van der Waals surface area contributed by atoms with Crippen molar-refractivity contribution in [2.24, 2.45) is 0 Å². The second-order valence-electron chi connectivity index (χ2n) is 3.63. The Bertz CT molecular complexity index is 238. The van der Waals surface area contributed by atoms with Crippen LogP contribution in [0.1, 0.15) is 12.8 Å². The van der Waals surface area contributed by atoms with Crippen LogP contribution < -0.4 is 0 Å². The van der Waals surface area contributed by atoms with Crippen LogP contribution in [0.25, 0.3) is 0 Å². The highest BCUT2D eigenvalue weighted by Gasteiger charge is 2.46. The molecule has 1 rings (SSSR count). The molecule has 0 aromatic carbocycles. The monoisotopic (exact) mass is 241 g/mol. The van der Waals surface area contributed by atoms with Gasteiger partial charge in [0, 0.05) is 25.8 Å². The Morgan fingerprint density at radius 3 is 2.87 bits per heavy atom. The van der Waals surface area contributed by atoms with E-state index in [9.17, 15) is 13.6 Å². The van der Waals surface area contributed by atoms with Crippen molar-refractivity contribution >= 4 is 17.5 Å². The van der Waals surface area contributed by atoms with Gasteiger partial charge in [-0.1, -0.05) is 0 Å². The summed E-state index contributed by atoms with van der Waals surface area (Å²) >= 11 is 5.40. The summed E-state index contributed by atoms with van der Waals surface area (Å²) in [4.78, 5) is 12.6. The number of rotatable bonds is 4. The molecule has 0 radical (unpaired) electrons. The Balaban J connectivity index is 2.64. The van der Waals surface area contributed by atoms with E-state index in [1.54, 1.807) is 0 Å². The summed E-state index contributed by atoms with van der Waals surface area (Å²) in [5.74, 6) is -2.98. The van der Waals surface area contributed by atoms with E-state index >= 15 is 0 Å². The van der Waals surface area contributed by atoms with Crippen LogP contribution in [-0.4, -0.2) is 48.9 Å². The molecule has 0 aromatic heterocycles. The van der Waals surface area contributed by atoms with Gasteiger partial charge in [0.15, 0.2) is 0 Å². The van der Waals surface area contributed by atoms with Gasteiger partial charge < -0.3 is 9.64 Å². The molecule has 1 aliphatic rings. The van der Waals surface area contributed by atoms with Crippen molar-refractivity contribution in [1.29, 1.82) is 0 Å². The van der Waals surface area contributed by atoms with Crippen molar-refractivity contribution in [2.45, 2.75) is 24.8 Å². The number of hydrogen-bond acceptors (Lipinski definition) is 2. The maximum atomic E-state index is 13.1. The molecule has 1 saturated heterocycles. The number of alkyl halides is 3. The Hall–Kier alpha value is -0.420. The van der Waals surface area contributed by atoms with Crippen LogP contribution in [0.4, 0.5) is 8.78 Å². The van der Waals surface area contributed by atoms with Crippen molar-refractivity contribution in [3.8, 4) is 0 Å². The van der Waals surface area contributed by atoms with Crippen LogP contribution in [0.15, 0.2) is 0 Å². The molecule has 0 aliphatic carbocycles. The van der Waals surface area contributed by atoms with Gasteiger partial charge in [-0.05, 0) is 0 Å². The quantitative estimate of drug-likeness (QED) is 0.698. The van der Waals surface area contributed by atoms with Gasteiger partial charge in [-0.15, -0.1) is 11.6 Å². The fraction of sp³-hybridized carbons (Fsp3) is 0.889. The SMILES string of the molecule is COC[C@H]1CC(F)(F)CN1C(=O)CCCl. The Labute approximate surface area is 92.3 Å². The fourth-order valence-corrected chi connectivity index (χ4v) is 1.92. The summed E-state index contributed by atoms with van der Waals surface area (Å²) in [6.45, 7) is -0.375. The molecule has 1 amide bonds. The maximum Gasteiger partial charge on any atom is 0.267 e. The third-order valence-electron chi connectivity index (χ3n) is 2.36. The molecule has 3 nitrogen and oxygen atoms in total. The number of likely N-dealkylation sites (tertiary alicyclic amines) is 1. The van der Waals surface area contributed by atoms with Gasteiger partial charge in [0.1, 0.15) is 0 Å². The number of carbonyl (C=O) groups is 1. The summed E-state index contributed by atoms with van der Waals surface area (Å²) in [6, 6.07) is -0.527. The van der Waals surface area contributed by atoms with Crippen molar-refractivity contribution in [1.82, 2.24) is 4.90 Å². The van der Waals surface area contributed by atoms with E-state index in [0.717, 1.165) is 0 Å². The number of hydrogen-bond donors (Lipinski definition) is 0. The van der Waals surface area contributed by atoms with Crippen molar-refractivity contribution in [3.05, 3.63) is 0 Å². The van der Waals surface area contributed by atoms with E-state index in [-0.39, 0.29) is 31.2 Å². The van der Waals surface area contributed by atoms with E-state index in [0.29, 0.717) is 0 Å². The molecule has 0 aromatic rings. The highest BCUT2D eigenvalue weighted by molar-refractivity contribution is 6.18. The highest BCUT2D eigenvalue weighted by atomic mass is 35.5. The van der Waals surface area contributed by atoms with Gasteiger partial charge >= 0.3 is 0 Å². The summed E-state index contributed by atoms with van der Waals surface area (Å²) in [5.41, 5.74) is 0. The molecule has 0 bridgehead atoms. The Kier molecular flexibility index (Phi) is 4.28. The van der Waals surface area contributed by atoms with Gasteiger partial charge in [0.25, 0.3) is 5.92 Å². The highest BCUT2D eigenvalue weighted by Crippen LogP contribution is 2.32. The van der Waals surface area contributed by atoms with Crippen LogP contribution in [0.2, 0.25) is 0 Å². The minimum absolute atomic E-state index is 0.0951. The third-order valence-corrected chi connectivity index (χ3v) is 2.55. The van der Waals surface area contributed by atoms with Crippen LogP contribution in [0.5, 0.6) is 0 Å². The molecular formula is C9H14ClF2NO2. The second kappa shape index (κ2) is 5.07. The zero-order chi connectivity index (χ0) is 11.5. The second-order valence-corrected chi connectivity index (χ2v) is 4.01. The number of carbonyl (C=O) groups excluding carboxylic acids is 1. The predicted octanol–water partition coefficient (Wildman–Crippen LogP) is 1.50. The minimum atomic E-state index is -2.80. The number of nitrogens with zero attached hydrogens (tertiary/aromatic N) is 1. The molecule has 1 fully saturated rings. The lowest BCUT2D eigenvalue weighted by molar-refractivity contribution is -0.133. The lowest BCUT2D eigenvalue weighted by atomic mass is 10.2. The Morgan fingerprint density at radius 1 is 1.67 bits per heavy atom. The normalized spacial score (nSPS) is 24.5. The molecular weight excluding hydrogens is 228 g/mol. The van der Waals surface area contributed by atoms with Gasteiger partial charge in [-0.3, -0.25) is 4.79 Å². The first kappa shape index (κ1) is 12.6. The van der Waals surface area contributed by atoms with Gasteiger partial charge in [-0.2, -0.15) is 0 Å². The number of ether oxygens (including phenoxy) is 1. The number of amides is 1. The van der Waals surface area contributed by atoms with Crippen molar-refractivity contribution in [2.75, 3.05) is 26.1 Å². The van der Waals surface area contributed by atoms with E-state index in [1.165, 1.54) is 12.0 Å². The third kappa shape index (κ3) is 3.28. The summed E-state index contributed by atoms with van der Waals surface area (Å²) in [5, 5.41) is 0. The van der Waals surface area contributed by atoms with Gasteiger partial charge in [0.05, 0.1) is 19.2 Å². The predicted molar refractivity (Wildman–Crippen MR) is 52.3 cm³/mol.